The third-order valence-corrected chi connectivity index (χ3v) is 6.19. The van der Waals surface area contributed by atoms with E-state index < -0.39 is 0 Å². The number of methoxy groups -OCH3 is 1. The van der Waals surface area contributed by atoms with Crippen LogP contribution >= 0.6 is 27.3 Å². The molecule has 0 amide bonds. The number of carbonyl (C=O) groups is 2. The summed E-state index contributed by atoms with van der Waals surface area (Å²) < 4.78 is 23.6. The average molecular weight is 507 g/mol. The van der Waals surface area contributed by atoms with Crippen LogP contribution in [0.5, 0.6) is 11.5 Å². The molecule has 1 aromatic heterocycles. The molecule has 8 heteroatoms. The van der Waals surface area contributed by atoms with Crippen molar-refractivity contribution in [3.8, 4) is 11.5 Å². The Kier molecular flexibility index (Phi) is 7.92. The fourth-order valence-corrected chi connectivity index (χ4v) is 4.53. The van der Waals surface area contributed by atoms with E-state index in [0.717, 1.165) is 20.1 Å². The molecule has 3 aromatic rings. The molecule has 0 N–H and O–H groups in total. The first-order chi connectivity index (χ1) is 15.0. The molecule has 0 saturated heterocycles. The van der Waals surface area contributed by atoms with Crippen molar-refractivity contribution < 1.29 is 28.5 Å². The molecule has 0 bridgehead atoms. The van der Waals surface area contributed by atoms with Crippen LogP contribution < -0.4 is 9.47 Å². The Hall–Kier alpha value is -2.58. The van der Waals surface area contributed by atoms with E-state index in [4.69, 9.17) is 18.9 Å². The smallest absolute Gasteiger partial charge is 0.348 e. The van der Waals surface area contributed by atoms with Crippen LogP contribution in [0.1, 0.15) is 34.6 Å². The van der Waals surface area contributed by atoms with Gasteiger partial charge in [0.2, 0.25) is 0 Å². The molecule has 0 fully saturated rings. The van der Waals surface area contributed by atoms with Crippen LogP contribution in [0.25, 0.3) is 10.1 Å². The number of ether oxygens (including phenoxy) is 4. The molecule has 0 spiro atoms. The zero-order valence-electron chi connectivity index (χ0n) is 17.5. The van der Waals surface area contributed by atoms with Crippen LogP contribution in [0.4, 0.5) is 0 Å². The lowest BCUT2D eigenvalue weighted by atomic mass is 10.1. The molecule has 6 nitrogen and oxygen atoms in total. The number of benzene rings is 2. The van der Waals surface area contributed by atoms with Gasteiger partial charge in [-0.3, -0.25) is 4.79 Å². The average Bonchev–Trinajstić information content (AvgIpc) is 3.11. The number of hydrogen-bond acceptors (Lipinski definition) is 7. The second kappa shape index (κ2) is 10.6. The normalized spacial score (nSPS) is 10.7. The number of fused-ring (bicyclic) bond motifs is 1. The highest BCUT2D eigenvalue weighted by Gasteiger charge is 2.21. The molecule has 0 unspecified atom stereocenters. The molecule has 3 rings (SSSR count). The molecule has 31 heavy (non-hydrogen) atoms. The Labute approximate surface area is 193 Å². The maximum atomic E-state index is 12.6. The minimum atomic E-state index is -0.379. The van der Waals surface area contributed by atoms with Crippen LogP contribution in [-0.4, -0.2) is 32.3 Å². The summed E-state index contributed by atoms with van der Waals surface area (Å²) in [6, 6.07) is 11.1. The molecule has 0 aliphatic heterocycles. The maximum absolute atomic E-state index is 12.6. The third kappa shape index (κ3) is 5.57. The second-order valence-electron chi connectivity index (χ2n) is 6.51. The predicted molar refractivity (Wildman–Crippen MR) is 123 cm³/mol. The van der Waals surface area contributed by atoms with E-state index in [-0.39, 0.29) is 31.6 Å². The number of hydrogen-bond donors (Lipinski definition) is 0. The zero-order chi connectivity index (χ0) is 22.4. The van der Waals surface area contributed by atoms with Crippen LogP contribution in [0.15, 0.2) is 40.9 Å². The van der Waals surface area contributed by atoms with Gasteiger partial charge in [0.25, 0.3) is 0 Å². The Morgan fingerprint density at radius 1 is 1.03 bits per heavy atom. The van der Waals surface area contributed by atoms with Crippen molar-refractivity contribution in [1.29, 1.82) is 0 Å². The van der Waals surface area contributed by atoms with Gasteiger partial charge in [-0.2, -0.15) is 0 Å². The van der Waals surface area contributed by atoms with E-state index in [1.807, 2.05) is 18.2 Å². The van der Waals surface area contributed by atoms with Crippen molar-refractivity contribution in [1.82, 2.24) is 0 Å². The molecule has 0 saturated carbocycles. The lowest BCUT2D eigenvalue weighted by Gasteiger charge is -2.13. The summed E-state index contributed by atoms with van der Waals surface area (Å²) in [4.78, 5) is 25.1. The first-order valence-electron chi connectivity index (χ1n) is 9.80. The van der Waals surface area contributed by atoms with Gasteiger partial charge < -0.3 is 18.9 Å². The highest BCUT2D eigenvalue weighted by Crippen LogP contribution is 2.35. The monoisotopic (exact) mass is 506 g/mol. The lowest BCUT2D eigenvalue weighted by molar-refractivity contribution is -0.142. The number of esters is 2. The summed E-state index contributed by atoms with van der Waals surface area (Å²) in [6.07, 6.45) is 0.0772. The molecular formula is C23H23BrO6S. The topological polar surface area (TPSA) is 71.1 Å². The number of thiophene rings is 1. The van der Waals surface area contributed by atoms with Crippen LogP contribution in [-0.2, 0) is 27.3 Å². The van der Waals surface area contributed by atoms with Crippen molar-refractivity contribution in [2.24, 2.45) is 0 Å². The quantitative estimate of drug-likeness (QED) is 0.355. The molecular weight excluding hydrogens is 484 g/mol. The fourth-order valence-electron chi connectivity index (χ4n) is 3.09. The van der Waals surface area contributed by atoms with Crippen molar-refractivity contribution in [3.63, 3.8) is 0 Å². The van der Waals surface area contributed by atoms with E-state index in [1.54, 1.807) is 39.2 Å². The molecule has 0 atom stereocenters. The maximum Gasteiger partial charge on any atom is 0.348 e. The first-order valence-corrected chi connectivity index (χ1v) is 11.4. The van der Waals surface area contributed by atoms with Gasteiger partial charge >= 0.3 is 11.9 Å². The number of halogens is 1. The summed E-state index contributed by atoms with van der Waals surface area (Å²) in [5.41, 5.74) is 1.42. The minimum Gasteiger partial charge on any atom is -0.497 e. The van der Waals surface area contributed by atoms with E-state index in [2.05, 4.69) is 15.9 Å². The van der Waals surface area contributed by atoms with Gasteiger partial charge in [0.05, 0.1) is 26.7 Å². The van der Waals surface area contributed by atoms with Crippen LogP contribution in [0.3, 0.4) is 0 Å². The highest BCUT2D eigenvalue weighted by molar-refractivity contribution is 9.10. The summed E-state index contributed by atoms with van der Waals surface area (Å²) in [5.74, 6) is 0.383. The van der Waals surface area contributed by atoms with Gasteiger partial charge in [-0.1, -0.05) is 22.0 Å². The lowest BCUT2D eigenvalue weighted by Crippen LogP contribution is -2.10. The van der Waals surface area contributed by atoms with E-state index in [9.17, 15) is 9.59 Å². The van der Waals surface area contributed by atoms with E-state index in [1.165, 1.54) is 11.3 Å². The molecule has 0 radical (unpaired) electrons. The van der Waals surface area contributed by atoms with Gasteiger partial charge in [-0.05, 0) is 38.1 Å². The molecule has 0 aliphatic carbocycles. The summed E-state index contributed by atoms with van der Waals surface area (Å²) in [5, 5.41) is 0.914. The molecule has 0 aliphatic rings. The van der Waals surface area contributed by atoms with Gasteiger partial charge in [-0.15, -0.1) is 11.3 Å². The second-order valence-corrected chi connectivity index (χ2v) is 8.48. The molecule has 1 heterocycles. The van der Waals surface area contributed by atoms with Gasteiger partial charge in [-0.25, -0.2) is 4.79 Å². The first kappa shape index (κ1) is 23.1. The van der Waals surface area contributed by atoms with Gasteiger partial charge in [0.1, 0.15) is 23.0 Å². The summed E-state index contributed by atoms with van der Waals surface area (Å²) in [6.45, 7) is 4.27. The summed E-state index contributed by atoms with van der Waals surface area (Å²) in [7, 11) is 1.56. The molecule has 2 aromatic carbocycles. The predicted octanol–water partition coefficient (Wildman–Crippen LogP) is 5.53. The third-order valence-electron chi connectivity index (χ3n) is 4.50. The fraction of sp³-hybridized carbons (Fsp3) is 0.304. The Bertz CT molecular complexity index is 1090. The van der Waals surface area contributed by atoms with Crippen molar-refractivity contribution in [2.45, 2.75) is 26.9 Å². The van der Waals surface area contributed by atoms with Crippen molar-refractivity contribution >= 4 is 49.3 Å². The SMILES string of the molecule is CCOC(=O)Cc1ccc(OC)cc1OCc1c(C(=O)OCC)sc2ccc(Br)cc12. The zero-order valence-corrected chi connectivity index (χ0v) is 19.9. The number of rotatable bonds is 9. The van der Waals surface area contributed by atoms with Gasteiger partial charge in [0.15, 0.2) is 0 Å². The largest absolute Gasteiger partial charge is 0.497 e. The van der Waals surface area contributed by atoms with E-state index >= 15 is 0 Å². The summed E-state index contributed by atoms with van der Waals surface area (Å²) >= 11 is 4.86. The van der Waals surface area contributed by atoms with Crippen LogP contribution in [0.2, 0.25) is 0 Å². The van der Waals surface area contributed by atoms with Gasteiger partial charge in [0, 0.05) is 31.8 Å². The molecule has 164 valence electrons. The number of carbonyl (C=O) groups excluding carboxylic acids is 2. The van der Waals surface area contributed by atoms with E-state index in [0.29, 0.717) is 28.5 Å². The highest BCUT2D eigenvalue weighted by atomic mass is 79.9. The van der Waals surface area contributed by atoms with Crippen LogP contribution in [0, 0.1) is 0 Å². The Morgan fingerprint density at radius 3 is 2.52 bits per heavy atom. The van der Waals surface area contributed by atoms with Crippen molar-refractivity contribution in [2.75, 3.05) is 20.3 Å². The Morgan fingerprint density at radius 2 is 1.81 bits per heavy atom. The minimum absolute atomic E-state index is 0.0772. The van der Waals surface area contributed by atoms with Crippen molar-refractivity contribution in [3.05, 3.63) is 56.9 Å². The Balaban J connectivity index is 1.96. The standard InChI is InChI=1S/C23H23BrO6S/c1-4-28-21(25)10-14-6-8-16(27-3)12-19(14)30-13-18-17-11-15(24)7-9-20(17)31-22(18)23(26)29-5-2/h6-9,11-12H,4-5,10,13H2,1-3H3.